The number of nitrogens with one attached hydrogen (secondary N) is 2. The first-order chi connectivity index (χ1) is 16.1. The van der Waals surface area contributed by atoms with Gasteiger partial charge in [-0.2, -0.15) is 0 Å². The van der Waals surface area contributed by atoms with Gasteiger partial charge in [0.25, 0.3) is 0 Å². The molecule has 0 aliphatic carbocycles. The third-order valence-corrected chi connectivity index (χ3v) is 6.48. The highest BCUT2D eigenvalue weighted by Gasteiger charge is 2.40. The van der Waals surface area contributed by atoms with Crippen molar-refractivity contribution in [1.29, 1.82) is 0 Å². The van der Waals surface area contributed by atoms with Crippen LogP contribution in [0.3, 0.4) is 0 Å². The molecule has 0 saturated carbocycles. The summed E-state index contributed by atoms with van der Waals surface area (Å²) >= 11 is 5.70. The van der Waals surface area contributed by atoms with Crippen LogP contribution in [0.2, 0.25) is 0 Å². The summed E-state index contributed by atoms with van der Waals surface area (Å²) in [4.78, 5) is 19.6. The summed E-state index contributed by atoms with van der Waals surface area (Å²) in [5, 5.41) is 9.28. The molecule has 7 heteroatoms. The maximum atomic E-state index is 12.9. The van der Waals surface area contributed by atoms with Gasteiger partial charge in [0.1, 0.15) is 0 Å². The summed E-state index contributed by atoms with van der Waals surface area (Å²) in [6.45, 7) is 0.502. The SMILES string of the molecule is Cn1cccc1[C@@H]1[C@H](c2ccccn2)NC(=S)N1CCC(=O)Nc1cccc2ccccc12. The Balaban J connectivity index is 1.36. The van der Waals surface area contributed by atoms with Crippen LogP contribution in [0.5, 0.6) is 0 Å². The number of aromatic nitrogens is 2. The molecule has 4 aromatic rings. The van der Waals surface area contributed by atoms with E-state index in [1.807, 2.05) is 80.0 Å². The number of thiocarbonyl (C=S) groups is 1. The summed E-state index contributed by atoms with van der Waals surface area (Å²) in [5.74, 6) is -0.0407. The molecule has 1 amide bonds. The lowest BCUT2D eigenvalue weighted by Gasteiger charge is -2.28. The fourth-order valence-electron chi connectivity index (χ4n) is 4.52. The average molecular weight is 456 g/mol. The molecule has 1 aliphatic rings. The van der Waals surface area contributed by atoms with Gasteiger partial charge in [-0.3, -0.25) is 9.78 Å². The molecule has 0 bridgehead atoms. The van der Waals surface area contributed by atoms with Crippen LogP contribution in [0.1, 0.15) is 29.9 Å². The van der Waals surface area contributed by atoms with Crippen LogP contribution in [0.4, 0.5) is 5.69 Å². The van der Waals surface area contributed by atoms with Crippen LogP contribution in [0, 0.1) is 0 Å². The van der Waals surface area contributed by atoms with Gasteiger partial charge in [-0.25, -0.2) is 0 Å². The van der Waals surface area contributed by atoms with E-state index in [9.17, 15) is 4.79 Å². The molecule has 1 saturated heterocycles. The standard InChI is InChI=1S/C26H25N5OS/c1-30-16-7-13-22(30)25-24(21-11-4-5-15-27-21)29-26(33)31(25)17-14-23(32)28-20-12-6-9-18-8-2-3-10-19(18)20/h2-13,15-16,24-25H,14,17H2,1H3,(H,28,32)(H,29,33)/t24-,25+/m0/s1. The van der Waals surface area contributed by atoms with Crippen molar-refractivity contribution in [1.82, 2.24) is 19.8 Å². The zero-order valence-corrected chi connectivity index (χ0v) is 19.1. The van der Waals surface area contributed by atoms with Gasteiger partial charge >= 0.3 is 0 Å². The van der Waals surface area contributed by atoms with E-state index in [1.165, 1.54) is 0 Å². The monoisotopic (exact) mass is 455 g/mol. The Labute approximate surface area is 198 Å². The van der Waals surface area contributed by atoms with Crippen LogP contribution in [0.25, 0.3) is 10.8 Å². The predicted octanol–water partition coefficient (Wildman–Crippen LogP) is 4.57. The molecular weight excluding hydrogens is 430 g/mol. The Hall–Kier alpha value is -3.71. The molecule has 166 valence electrons. The minimum atomic E-state index is -0.0894. The molecule has 3 heterocycles. The van der Waals surface area contributed by atoms with E-state index >= 15 is 0 Å². The molecular formula is C26H25N5OS. The fourth-order valence-corrected chi connectivity index (χ4v) is 4.85. The zero-order chi connectivity index (χ0) is 22.8. The molecule has 0 spiro atoms. The van der Waals surface area contributed by atoms with Crippen molar-refractivity contribution in [3.05, 3.63) is 96.6 Å². The van der Waals surface area contributed by atoms with Gasteiger partial charge in [0.05, 0.1) is 17.8 Å². The maximum Gasteiger partial charge on any atom is 0.226 e. The van der Waals surface area contributed by atoms with E-state index in [0.29, 0.717) is 18.1 Å². The highest BCUT2D eigenvalue weighted by atomic mass is 32.1. The van der Waals surface area contributed by atoms with Gasteiger partial charge in [0.15, 0.2) is 5.11 Å². The molecule has 1 fully saturated rings. The van der Waals surface area contributed by atoms with Crippen LogP contribution in [-0.2, 0) is 11.8 Å². The number of aryl methyl sites for hydroxylation is 1. The number of hydrogen-bond acceptors (Lipinski definition) is 3. The van der Waals surface area contributed by atoms with Gasteiger partial charge in [0, 0.05) is 49.2 Å². The number of anilines is 1. The second-order valence-corrected chi connectivity index (χ2v) is 8.58. The van der Waals surface area contributed by atoms with E-state index in [4.69, 9.17) is 12.2 Å². The highest BCUT2D eigenvalue weighted by molar-refractivity contribution is 7.80. The van der Waals surface area contributed by atoms with Crippen LogP contribution >= 0.6 is 12.2 Å². The average Bonchev–Trinajstić information content (AvgIpc) is 3.40. The fraction of sp³-hybridized carbons (Fsp3) is 0.192. The van der Waals surface area contributed by atoms with Crippen LogP contribution in [0.15, 0.2) is 85.2 Å². The summed E-state index contributed by atoms with van der Waals surface area (Å²) in [5.41, 5.74) is 2.87. The Morgan fingerprint density at radius 1 is 1.06 bits per heavy atom. The number of carbonyl (C=O) groups excluding carboxylic acids is 1. The molecule has 2 aromatic carbocycles. The van der Waals surface area contributed by atoms with Crippen molar-refractivity contribution in [3.63, 3.8) is 0 Å². The number of benzene rings is 2. The molecule has 33 heavy (non-hydrogen) atoms. The Morgan fingerprint density at radius 2 is 1.88 bits per heavy atom. The molecule has 1 aliphatic heterocycles. The lowest BCUT2D eigenvalue weighted by molar-refractivity contribution is -0.116. The number of amides is 1. The normalized spacial score (nSPS) is 17.8. The molecule has 2 aromatic heterocycles. The maximum absolute atomic E-state index is 12.9. The summed E-state index contributed by atoms with van der Waals surface area (Å²) in [6, 6.07) is 23.9. The largest absolute Gasteiger partial charge is 0.353 e. The minimum absolute atomic E-state index is 0.0407. The number of nitrogens with zero attached hydrogens (tertiary/aromatic N) is 3. The van der Waals surface area contributed by atoms with E-state index in [1.54, 1.807) is 6.20 Å². The summed E-state index contributed by atoms with van der Waals surface area (Å²) in [7, 11) is 2.03. The number of fused-ring (bicyclic) bond motifs is 1. The van der Waals surface area contributed by atoms with Gasteiger partial charge in [-0.05, 0) is 47.9 Å². The molecule has 0 radical (unpaired) electrons. The quantitative estimate of drug-likeness (QED) is 0.417. The second-order valence-electron chi connectivity index (χ2n) is 8.19. The lowest BCUT2D eigenvalue weighted by atomic mass is 10.0. The third kappa shape index (κ3) is 4.19. The smallest absolute Gasteiger partial charge is 0.226 e. The van der Waals surface area contributed by atoms with Gasteiger partial charge in [-0.1, -0.05) is 42.5 Å². The van der Waals surface area contributed by atoms with Crippen molar-refractivity contribution in [3.8, 4) is 0 Å². The molecule has 2 N–H and O–H groups in total. The minimum Gasteiger partial charge on any atom is -0.353 e. The lowest BCUT2D eigenvalue weighted by Crippen LogP contribution is -2.33. The van der Waals surface area contributed by atoms with Crippen LogP contribution < -0.4 is 10.6 Å². The number of rotatable bonds is 6. The van der Waals surface area contributed by atoms with Crippen molar-refractivity contribution >= 4 is 39.7 Å². The third-order valence-electron chi connectivity index (χ3n) is 6.13. The van der Waals surface area contributed by atoms with E-state index in [-0.39, 0.29) is 18.0 Å². The van der Waals surface area contributed by atoms with Crippen molar-refractivity contribution < 1.29 is 4.79 Å². The van der Waals surface area contributed by atoms with Crippen molar-refractivity contribution in [2.45, 2.75) is 18.5 Å². The first kappa shape index (κ1) is 21.2. The highest BCUT2D eigenvalue weighted by Crippen LogP contribution is 2.38. The predicted molar refractivity (Wildman–Crippen MR) is 135 cm³/mol. The summed E-state index contributed by atoms with van der Waals surface area (Å²) < 4.78 is 2.10. The van der Waals surface area contributed by atoms with Gasteiger partial charge < -0.3 is 20.1 Å². The molecule has 2 atom stereocenters. The van der Waals surface area contributed by atoms with E-state index < -0.39 is 0 Å². The molecule has 5 rings (SSSR count). The second kappa shape index (κ2) is 9.03. The number of carbonyl (C=O) groups is 1. The van der Waals surface area contributed by atoms with Crippen LogP contribution in [-0.4, -0.2) is 32.0 Å². The van der Waals surface area contributed by atoms with Gasteiger partial charge in [0.2, 0.25) is 5.91 Å². The molecule has 0 unspecified atom stereocenters. The topological polar surface area (TPSA) is 62.2 Å². The number of hydrogen-bond donors (Lipinski definition) is 2. The van der Waals surface area contributed by atoms with Crippen molar-refractivity contribution in [2.75, 3.05) is 11.9 Å². The van der Waals surface area contributed by atoms with Crippen molar-refractivity contribution in [2.24, 2.45) is 7.05 Å². The zero-order valence-electron chi connectivity index (χ0n) is 18.3. The first-order valence-corrected chi connectivity index (χ1v) is 11.4. The molecule has 6 nitrogen and oxygen atoms in total. The van der Waals surface area contributed by atoms with Gasteiger partial charge in [-0.15, -0.1) is 0 Å². The summed E-state index contributed by atoms with van der Waals surface area (Å²) in [6.07, 6.45) is 4.14. The number of pyridine rings is 1. The Bertz CT molecular complexity index is 1300. The Kier molecular flexibility index (Phi) is 5.79. The van der Waals surface area contributed by atoms with E-state index in [0.717, 1.165) is 27.8 Å². The Morgan fingerprint density at radius 3 is 2.67 bits per heavy atom. The first-order valence-electron chi connectivity index (χ1n) is 11.0. The van der Waals surface area contributed by atoms with E-state index in [2.05, 4.69) is 31.2 Å².